The van der Waals surface area contributed by atoms with Gasteiger partial charge in [0.2, 0.25) is 0 Å². The number of benzene rings is 3. The highest BCUT2D eigenvalue weighted by Crippen LogP contribution is 2.22. The maximum Gasteiger partial charge on any atom is 0.307 e. The van der Waals surface area contributed by atoms with E-state index in [-0.39, 0.29) is 0 Å². The van der Waals surface area contributed by atoms with Crippen LogP contribution in [0, 0.1) is 0 Å². The number of fused-ring (bicyclic) bond motifs is 1. The highest BCUT2D eigenvalue weighted by atomic mass is 32.2. The largest absolute Gasteiger partial charge is 0.307 e. The molecule has 0 spiro atoms. The summed E-state index contributed by atoms with van der Waals surface area (Å²) in [5.74, 6) is 0.839. The van der Waals surface area contributed by atoms with Gasteiger partial charge in [-0.2, -0.15) is 4.99 Å². The Labute approximate surface area is 150 Å². The van der Waals surface area contributed by atoms with Gasteiger partial charge in [-0.15, -0.1) is 0 Å². The third kappa shape index (κ3) is 4.30. The van der Waals surface area contributed by atoms with Crippen molar-refractivity contribution in [3.05, 3.63) is 72.3 Å². The number of nitrogens with zero attached hydrogens (tertiary/aromatic N) is 1. The van der Waals surface area contributed by atoms with Gasteiger partial charge in [0.25, 0.3) is 0 Å². The summed E-state index contributed by atoms with van der Waals surface area (Å²) in [7, 11) is 0. The Hall–Kier alpha value is -2.46. The average molecular weight is 350 g/mol. The number of aliphatic imine (C=N–C) groups is 1. The van der Waals surface area contributed by atoms with Crippen molar-refractivity contribution < 1.29 is 4.99 Å². The van der Waals surface area contributed by atoms with Crippen LogP contribution >= 0.6 is 24.0 Å². The summed E-state index contributed by atoms with van der Waals surface area (Å²) < 4.78 is 0. The number of rotatable bonds is 4. The van der Waals surface area contributed by atoms with E-state index >= 15 is 0 Å². The van der Waals surface area contributed by atoms with E-state index < -0.39 is 0 Å². The zero-order chi connectivity index (χ0) is 16.8. The second kappa shape index (κ2) is 7.88. The molecule has 118 valence electrons. The van der Waals surface area contributed by atoms with Crippen LogP contribution in [0.1, 0.15) is 5.56 Å². The summed E-state index contributed by atoms with van der Waals surface area (Å²) in [5, 5.41) is 5.28. The molecule has 0 heterocycles. The van der Waals surface area contributed by atoms with E-state index in [1.807, 2.05) is 48.5 Å². The molecule has 5 heteroatoms. The lowest BCUT2D eigenvalue weighted by atomic mass is 10.1. The van der Waals surface area contributed by atoms with Gasteiger partial charge in [-0.3, -0.25) is 5.73 Å². The number of hydrogen-bond donors (Lipinski definition) is 2. The van der Waals surface area contributed by atoms with Gasteiger partial charge in [0, 0.05) is 5.75 Å². The lowest BCUT2D eigenvalue weighted by Crippen LogP contribution is -2.68. The molecule has 0 saturated carbocycles. The third-order valence-corrected chi connectivity index (χ3v) is 4.49. The lowest BCUT2D eigenvalue weighted by molar-refractivity contribution is -0.350. The molecule has 0 radical (unpaired) electrons. The zero-order valence-corrected chi connectivity index (χ0v) is 14.5. The van der Waals surface area contributed by atoms with Crippen LogP contribution in [0.2, 0.25) is 0 Å². The van der Waals surface area contributed by atoms with Crippen LogP contribution in [-0.2, 0) is 5.75 Å². The SMILES string of the molecule is NC(=[NH+]c1ccc2cc(N=C=S)ccc2c1)SCc1ccccc1. The molecule has 0 aliphatic carbocycles. The van der Waals surface area contributed by atoms with Crippen LogP contribution in [0.4, 0.5) is 11.4 Å². The van der Waals surface area contributed by atoms with Crippen LogP contribution < -0.4 is 10.7 Å². The first kappa shape index (κ1) is 16.4. The first-order valence-corrected chi connectivity index (χ1v) is 8.82. The fraction of sp³-hybridized carbons (Fsp3) is 0.0526. The van der Waals surface area contributed by atoms with E-state index in [0.717, 1.165) is 27.9 Å². The van der Waals surface area contributed by atoms with Crippen LogP contribution in [0.3, 0.4) is 0 Å². The van der Waals surface area contributed by atoms with E-state index in [2.05, 4.69) is 45.6 Å². The van der Waals surface area contributed by atoms with Gasteiger partial charge >= 0.3 is 5.17 Å². The van der Waals surface area contributed by atoms with Gasteiger partial charge in [0.05, 0.1) is 10.8 Å². The first-order chi connectivity index (χ1) is 11.7. The summed E-state index contributed by atoms with van der Waals surface area (Å²) in [6.07, 6.45) is 0. The highest BCUT2D eigenvalue weighted by molar-refractivity contribution is 8.12. The molecule has 0 atom stereocenters. The number of thioether (sulfide) groups is 1. The maximum absolute atomic E-state index is 6.09. The van der Waals surface area contributed by atoms with Gasteiger partial charge < -0.3 is 0 Å². The van der Waals surface area contributed by atoms with Crippen molar-refractivity contribution in [3.63, 3.8) is 0 Å². The Morgan fingerprint density at radius 1 is 1.04 bits per heavy atom. The first-order valence-electron chi connectivity index (χ1n) is 7.42. The number of nitrogens with two attached hydrogens (primary N) is 1. The van der Waals surface area contributed by atoms with Gasteiger partial charge in [-0.25, -0.2) is 4.99 Å². The number of thiocarbonyl (C=S) groups is 1. The van der Waals surface area contributed by atoms with Gasteiger partial charge in [-0.05, 0) is 64.6 Å². The second-order valence-corrected chi connectivity index (χ2v) is 6.41. The molecule has 0 unspecified atom stereocenters. The van der Waals surface area contributed by atoms with E-state index in [1.165, 1.54) is 5.56 Å². The van der Waals surface area contributed by atoms with Gasteiger partial charge in [-0.1, -0.05) is 42.5 Å². The molecule has 0 aromatic heterocycles. The highest BCUT2D eigenvalue weighted by Gasteiger charge is 2.04. The summed E-state index contributed by atoms with van der Waals surface area (Å²) in [4.78, 5) is 7.25. The fourth-order valence-corrected chi connectivity index (χ4v) is 3.16. The van der Waals surface area contributed by atoms with Crippen molar-refractivity contribution in [1.29, 1.82) is 0 Å². The molecule has 0 saturated heterocycles. The molecule has 0 aliphatic heterocycles. The minimum absolute atomic E-state index is 0.681. The minimum Gasteiger partial charge on any atom is -0.281 e. The predicted octanol–water partition coefficient (Wildman–Crippen LogP) is 3.53. The Balaban J connectivity index is 1.76. The minimum atomic E-state index is 0.681. The van der Waals surface area contributed by atoms with E-state index in [0.29, 0.717) is 5.17 Å². The Bertz CT molecular complexity index is 930. The molecule has 3 N–H and O–H groups in total. The number of isothiocyanates is 1. The topological polar surface area (TPSA) is 52.4 Å². The molecule has 0 fully saturated rings. The second-order valence-electron chi connectivity index (χ2n) is 5.21. The molecule has 3 aromatic rings. The average Bonchev–Trinajstić information content (AvgIpc) is 2.61. The van der Waals surface area contributed by atoms with Gasteiger partial charge in [0.15, 0.2) is 0 Å². The van der Waals surface area contributed by atoms with Crippen LogP contribution in [0.15, 0.2) is 71.7 Å². The van der Waals surface area contributed by atoms with Gasteiger partial charge in [0.1, 0.15) is 5.69 Å². The van der Waals surface area contributed by atoms with Crippen LogP contribution in [0.5, 0.6) is 0 Å². The summed E-state index contributed by atoms with van der Waals surface area (Å²) >= 11 is 6.23. The molecular formula is C19H16N3S2+. The quantitative estimate of drug-likeness (QED) is 0.430. The Morgan fingerprint density at radius 3 is 2.58 bits per heavy atom. The summed E-state index contributed by atoms with van der Waals surface area (Å²) in [6, 6.07) is 22.3. The van der Waals surface area contributed by atoms with E-state index in [9.17, 15) is 0 Å². The number of hydrogen-bond acceptors (Lipinski definition) is 3. The fourth-order valence-electron chi connectivity index (χ4n) is 2.35. The third-order valence-electron chi connectivity index (χ3n) is 3.50. The number of amidine groups is 1. The van der Waals surface area contributed by atoms with Crippen molar-refractivity contribution in [2.45, 2.75) is 5.75 Å². The molecule has 3 nitrogen and oxygen atoms in total. The molecule has 0 amide bonds. The number of nitrogens with one attached hydrogen (secondary N) is 1. The molecule has 0 aliphatic rings. The smallest absolute Gasteiger partial charge is 0.281 e. The van der Waals surface area contributed by atoms with Crippen LogP contribution in [0.25, 0.3) is 10.8 Å². The maximum atomic E-state index is 6.09. The Kier molecular flexibility index (Phi) is 5.39. The molecule has 0 bridgehead atoms. The van der Waals surface area contributed by atoms with Crippen LogP contribution in [-0.4, -0.2) is 10.3 Å². The summed E-state index contributed by atoms with van der Waals surface area (Å²) in [6.45, 7) is 0. The van der Waals surface area contributed by atoms with Crippen molar-refractivity contribution in [2.75, 3.05) is 0 Å². The molecule has 3 rings (SSSR count). The monoisotopic (exact) mass is 350 g/mol. The Morgan fingerprint density at radius 2 is 1.79 bits per heavy atom. The normalized spacial score (nSPS) is 11.2. The van der Waals surface area contributed by atoms with Crippen molar-refractivity contribution >= 4 is 56.5 Å². The molecule has 3 aromatic carbocycles. The zero-order valence-electron chi connectivity index (χ0n) is 12.9. The van der Waals surface area contributed by atoms with E-state index in [1.54, 1.807) is 11.8 Å². The standard InChI is InChI=1S/C19H15N3S2/c20-19(24-12-14-4-2-1-3-5-14)22-18-9-7-15-10-17(21-13-23)8-6-16(15)11-18/h1-11H,12H2,(H2,20,22)/p+1. The lowest BCUT2D eigenvalue weighted by Gasteiger charge is -2.01. The molecule has 24 heavy (non-hydrogen) atoms. The molecular weight excluding hydrogens is 334 g/mol. The van der Waals surface area contributed by atoms with Crippen molar-refractivity contribution in [3.8, 4) is 0 Å². The van der Waals surface area contributed by atoms with E-state index in [4.69, 9.17) is 5.73 Å². The van der Waals surface area contributed by atoms with Crippen molar-refractivity contribution in [1.82, 2.24) is 0 Å². The summed E-state index contributed by atoms with van der Waals surface area (Å²) in [5.41, 5.74) is 9.12. The van der Waals surface area contributed by atoms with Crippen molar-refractivity contribution in [2.24, 2.45) is 10.7 Å². The predicted molar refractivity (Wildman–Crippen MR) is 106 cm³/mol.